The molecule has 3 heterocycles. The van der Waals surface area contributed by atoms with E-state index in [0.29, 0.717) is 17.1 Å². The van der Waals surface area contributed by atoms with Gasteiger partial charge in [0.15, 0.2) is 6.29 Å². The maximum Gasteiger partial charge on any atom is 0.412 e. The number of ether oxygens (including phenoxy) is 1. The average Bonchev–Trinajstić information content (AvgIpc) is 3.76. The minimum absolute atomic E-state index is 0.258. The summed E-state index contributed by atoms with van der Waals surface area (Å²) in [6.07, 6.45) is 1.27. The lowest BCUT2D eigenvalue weighted by atomic mass is 10.0. The normalized spacial score (nSPS) is 17.0. The second-order valence-electron chi connectivity index (χ2n) is 9.37. The number of fused-ring (bicyclic) bond motifs is 1. The number of thiophene rings is 2. The molecule has 36 heavy (non-hydrogen) atoms. The summed E-state index contributed by atoms with van der Waals surface area (Å²) in [5.74, 6) is 6.73. The van der Waals surface area contributed by atoms with E-state index in [1.807, 2.05) is 49.4 Å². The molecule has 3 N–H and O–H groups in total. The lowest BCUT2D eigenvalue weighted by molar-refractivity contribution is -0.0685. The molecule has 0 spiro atoms. The van der Waals surface area contributed by atoms with Gasteiger partial charge in [-0.15, -0.1) is 22.7 Å². The number of aromatic nitrogens is 1. The number of anilines is 1. The Labute approximate surface area is 215 Å². The average molecular weight is 521 g/mol. The van der Waals surface area contributed by atoms with E-state index < -0.39 is 23.9 Å². The topological polar surface area (TPSA) is 105 Å². The van der Waals surface area contributed by atoms with Crippen molar-refractivity contribution in [2.75, 3.05) is 5.32 Å². The van der Waals surface area contributed by atoms with Crippen LogP contribution in [-0.2, 0) is 10.2 Å². The van der Waals surface area contributed by atoms with Crippen LogP contribution in [0.4, 0.5) is 10.5 Å². The van der Waals surface area contributed by atoms with E-state index in [4.69, 9.17) is 9.26 Å². The zero-order valence-electron chi connectivity index (χ0n) is 19.5. The molecule has 1 amide bonds. The van der Waals surface area contributed by atoms with Crippen molar-refractivity contribution < 1.29 is 24.3 Å². The maximum absolute atomic E-state index is 12.7. The molecule has 2 aliphatic carbocycles. The van der Waals surface area contributed by atoms with E-state index in [1.165, 1.54) is 0 Å². The number of aliphatic hydroxyl groups excluding tert-OH is 1. The van der Waals surface area contributed by atoms with E-state index in [2.05, 4.69) is 22.3 Å². The minimum atomic E-state index is -1.33. The predicted octanol–water partition coefficient (Wildman–Crippen LogP) is 5.88. The van der Waals surface area contributed by atoms with Crippen LogP contribution in [0.3, 0.4) is 0 Å². The van der Waals surface area contributed by atoms with E-state index in [-0.39, 0.29) is 5.92 Å². The van der Waals surface area contributed by atoms with Crippen molar-refractivity contribution >= 4 is 43.9 Å². The molecule has 1 unspecified atom stereocenters. The predicted molar refractivity (Wildman–Crippen MR) is 138 cm³/mol. The molecule has 3 aromatic heterocycles. The first-order valence-electron chi connectivity index (χ1n) is 11.9. The highest BCUT2D eigenvalue weighted by Crippen LogP contribution is 2.54. The van der Waals surface area contributed by atoms with Crippen molar-refractivity contribution in [1.82, 2.24) is 5.16 Å². The second-order valence-corrected chi connectivity index (χ2v) is 11.7. The SMILES string of the molecule is CC(OC(=O)Nc1c(C2CC2)noc1C#Cc1cc2cc(C3(C(O)O)CC3)sc2s1)c1ccccc1. The molecule has 1 aromatic carbocycles. The summed E-state index contributed by atoms with van der Waals surface area (Å²) in [6, 6.07) is 13.6. The zero-order valence-corrected chi connectivity index (χ0v) is 21.1. The number of hydrogen-bond acceptors (Lipinski definition) is 8. The molecule has 184 valence electrons. The molecule has 9 heteroatoms. The number of nitrogens with one attached hydrogen (secondary N) is 1. The fourth-order valence-corrected chi connectivity index (χ4v) is 6.82. The number of hydrogen-bond donors (Lipinski definition) is 3. The zero-order chi connectivity index (χ0) is 24.9. The van der Waals surface area contributed by atoms with Gasteiger partial charge in [0.25, 0.3) is 0 Å². The van der Waals surface area contributed by atoms with Gasteiger partial charge in [0, 0.05) is 16.2 Å². The highest BCUT2D eigenvalue weighted by Gasteiger charge is 2.51. The first-order valence-corrected chi connectivity index (χ1v) is 13.5. The number of amides is 1. The third-order valence-electron chi connectivity index (χ3n) is 6.75. The van der Waals surface area contributed by atoms with Crippen LogP contribution in [0.5, 0.6) is 0 Å². The fourth-order valence-electron chi connectivity index (χ4n) is 4.26. The third-order valence-corrected chi connectivity index (χ3v) is 9.28. The summed E-state index contributed by atoms with van der Waals surface area (Å²) < 4.78 is 12.2. The van der Waals surface area contributed by atoms with E-state index in [1.54, 1.807) is 22.7 Å². The maximum atomic E-state index is 12.7. The van der Waals surface area contributed by atoms with Crippen LogP contribution in [0.15, 0.2) is 47.0 Å². The Balaban J connectivity index is 1.21. The molecule has 0 saturated heterocycles. The van der Waals surface area contributed by atoms with Crippen LogP contribution in [-0.4, -0.2) is 27.8 Å². The van der Waals surface area contributed by atoms with Crippen LogP contribution in [0.25, 0.3) is 9.40 Å². The van der Waals surface area contributed by atoms with E-state index in [0.717, 1.165) is 50.4 Å². The van der Waals surface area contributed by atoms with Crippen LogP contribution < -0.4 is 5.32 Å². The van der Waals surface area contributed by atoms with Crippen molar-refractivity contribution in [3.05, 3.63) is 69.2 Å². The molecule has 4 aromatic rings. The molecule has 6 rings (SSSR count). The highest BCUT2D eigenvalue weighted by atomic mass is 32.2. The van der Waals surface area contributed by atoms with Crippen LogP contribution in [0.1, 0.15) is 71.4 Å². The molecule has 7 nitrogen and oxygen atoms in total. The number of carbonyl (C=O) groups is 1. The van der Waals surface area contributed by atoms with Gasteiger partial charge < -0.3 is 19.5 Å². The first-order chi connectivity index (χ1) is 17.4. The smallest absolute Gasteiger partial charge is 0.412 e. The van der Waals surface area contributed by atoms with Crippen LogP contribution in [0, 0.1) is 11.8 Å². The van der Waals surface area contributed by atoms with Crippen LogP contribution >= 0.6 is 22.7 Å². The standard InChI is InChI=1S/C27H24N2O5S2/c1-15(16-5-3-2-4-6-16)33-26(32)28-23-20(34-29-22(23)17-7-8-17)10-9-19-13-18-14-21(36-24(18)35-19)27(11-12-27)25(30)31/h2-6,13-15,17,25,30-31H,7-8,11-12H2,1H3,(H,28,32). The van der Waals surface area contributed by atoms with Gasteiger partial charge in [0.05, 0.1) is 14.3 Å². The molecule has 0 radical (unpaired) electrons. The molecule has 2 saturated carbocycles. The molecule has 1 atom stereocenters. The van der Waals surface area contributed by atoms with Crippen LogP contribution in [0.2, 0.25) is 0 Å². The lowest BCUT2D eigenvalue weighted by Gasteiger charge is -2.14. The number of aliphatic hydroxyl groups is 2. The first kappa shape index (κ1) is 23.3. The quantitative estimate of drug-likeness (QED) is 0.217. The Kier molecular flexibility index (Phi) is 5.85. The van der Waals surface area contributed by atoms with Gasteiger partial charge in [-0.1, -0.05) is 35.5 Å². The Morgan fingerprint density at radius 3 is 2.64 bits per heavy atom. The number of carbonyl (C=O) groups excluding carboxylic acids is 1. The summed E-state index contributed by atoms with van der Waals surface area (Å²) in [4.78, 5) is 14.5. The number of nitrogens with zero attached hydrogens (tertiary/aromatic N) is 1. The van der Waals surface area contributed by atoms with Gasteiger partial charge in [-0.05, 0) is 62.1 Å². The molecule has 2 fully saturated rings. The Bertz CT molecular complexity index is 1450. The Morgan fingerprint density at radius 1 is 1.19 bits per heavy atom. The van der Waals surface area contributed by atoms with Gasteiger partial charge in [0.2, 0.25) is 5.76 Å². The van der Waals surface area contributed by atoms with Crippen molar-refractivity contribution in [3.63, 3.8) is 0 Å². The molecule has 0 aliphatic heterocycles. The van der Waals surface area contributed by atoms with Crippen molar-refractivity contribution in [1.29, 1.82) is 0 Å². The van der Waals surface area contributed by atoms with Gasteiger partial charge in [-0.25, -0.2) is 4.79 Å². The van der Waals surface area contributed by atoms with Gasteiger partial charge >= 0.3 is 6.09 Å². The summed E-state index contributed by atoms with van der Waals surface area (Å²) in [5, 5.41) is 27.6. The minimum Gasteiger partial charge on any atom is -0.441 e. The summed E-state index contributed by atoms with van der Waals surface area (Å²) in [6.45, 7) is 1.82. The molecule has 2 aliphatic rings. The fraction of sp³-hybridized carbons (Fsp3) is 0.333. The van der Waals surface area contributed by atoms with Gasteiger partial charge in [0.1, 0.15) is 17.5 Å². The van der Waals surface area contributed by atoms with Crippen molar-refractivity contribution in [3.8, 4) is 11.8 Å². The molecular weight excluding hydrogens is 496 g/mol. The van der Waals surface area contributed by atoms with E-state index >= 15 is 0 Å². The monoisotopic (exact) mass is 520 g/mol. The van der Waals surface area contributed by atoms with Crippen molar-refractivity contribution in [2.24, 2.45) is 0 Å². The second kappa shape index (κ2) is 9.05. The van der Waals surface area contributed by atoms with Crippen molar-refractivity contribution in [2.45, 2.75) is 56.3 Å². The molecular formula is C27H24N2O5S2. The highest BCUT2D eigenvalue weighted by molar-refractivity contribution is 7.38. The largest absolute Gasteiger partial charge is 0.441 e. The third kappa shape index (κ3) is 4.42. The molecule has 0 bridgehead atoms. The van der Waals surface area contributed by atoms with E-state index in [9.17, 15) is 15.0 Å². The number of rotatable bonds is 6. The summed E-state index contributed by atoms with van der Waals surface area (Å²) >= 11 is 3.14. The van der Waals surface area contributed by atoms with Gasteiger partial charge in [-0.2, -0.15) is 0 Å². The lowest BCUT2D eigenvalue weighted by Crippen LogP contribution is -2.24. The summed E-state index contributed by atoms with van der Waals surface area (Å²) in [5.41, 5.74) is 1.59. The Hall–Kier alpha value is -3.16. The number of benzene rings is 1. The summed E-state index contributed by atoms with van der Waals surface area (Å²) in [7, 11) is 0. The van der Waals surface area contributed by atoms with Gasteiger partial charge in [-0.3, -0.25) is 5.32 Å². The Morgan fingerprint density at radius 2 is 1.97 bits per heavy atom.